The van der Waals surface area contributed by atoms with Crippen molar-refractivity contribution in [3.8, 4) is 5.75 Å². The first kappa shape index (κ1) is 25.0. The second kappa shape index (κ2) is 9.84. The minimum atomic E-state index is -1.22. The zero-order chi connectivity index (χ0) is 26.1. The van der Waals surface area contributed by atoms with E-state index >= 15 is 0 Å². The molecule has 188 valence electrons. The van der Waals surface area contributed by atoms with Crippen molar-refractivity contribution >= 4 is 11.8 Å². The molecule has 3 aromatic rings. The molecule has 0 fully saturated rings. The van der Waals surface area contributed by atoms with Crippen molar-refractivity contribution in [1.29, 1.82) is 0 Å². The van der Waals surface area contributed by atoms with Crippen molar-refractivity contribution < 1.29 is 32.3 Å². The third-order valence-corrected chi connectivity index (χ3v) is 6.15. The van der Waals surface area contributed by atoms with Crippen LogP contribution in [0.25, 0.3) is 0 Å². The molecule has 1 aromatic heterocycles. The highest BCUT2D eigenvalue weighted by Gasteiger charge is 2.31. The Morgan fingerprint density at radius 3 is 2.50 bits per heavy atom. The minimum Gasteiger partial charge on any atom is -0.503 e. The number of pyridine rings is 1. The average molecular weight is 503 g/mol. The number of hydrogen-bond donors (Lipinski definition) is 3. The maximum atomic E-state index is 13.9. The van der Waals surface area contributed by atoms with Gasteiger partial charge in [0.25, 0.3) is 11.8 Å². The van der Waals surface area contributed by atoms with E-state index < -0.39 is 70.0 Å². The van der Waals surface area contributed by atoms with Crippen LogP contribution in [0.4, 0.5) is 17.6 Å². The van der Waals surface area contributed by atoms with Gasteiger partial charge in [0.15, 0.2) is 11.4 Å². The molecular formula is C25H21F4N3O4. The van der Waals surface area contributed by atoms with E-state index in [1.807, 2.05) is 6.92 Å². The Balaban J connectivity index is 1.62. The first-order valence-electron chi connectivity index (χ1n) is 11.0. The Bertz CT molecular complexity index is 1410. The molecule has 1 aliphatic rings. The lowest BCUT2D eigenvalue weighted by atomic mass is 9.99. The standard InChI is InChI=1S/C25H21F4N3O4/c1-12-2-4-14(26)6-13(12)3-5-16-9-30-25(36)21-23(34)22(33)18(11-32(16)21)24(35)31-10-17-19(28)7-15(27)8-20(17)29/h2,4,6-8,11,16,34H,3,5,9-10H2,1H3,(H,30,36)(H,31,35)/t16-/m1/s1. The van der Waals surface area contributed by atoms with Gasteiger partial charge in [0.05, 0.1) is 6.04 Å². The van der Waals surface area contributed by atoms with Gasteiger partial charge < -0.3 is 20.3 Å². The van der Waals surface area contributed by atoms with Crippen LogP contribution in [0.2, 0.25) is 0 Å². The number of rotatable bonds is 6. The molecule has 0 radical (unpaired) electrons. The van der Waals surface area contributed by atoms with E-state index in [2.05, 4.69) is 10.6 Å². The fourth-order valence-electron chi connectivity index (χ4n) is 4.16. The first-order valence-corrected chi connectivity index (χ1v) is 11.0. The van der Waals surface area contributed by atoms with Crippen LogP contribution in [-0.4, -0.2) is 28.0 Å². The number of benzene rings is 2. The lowest BCUT2D eigenvalue weighted by Crippen LogP contribution is -2.42. The van der Waals surface area contributed by atoms with Gasteiger partial charge in [0.1, 0.15) is 28.8 Å². The van der Waals surface area contributed by atoms with Crippen molar-refractivity contribution in [2.75, 3.05) is 6.54 Å². The summed E-state index contributed by atoms with van der Waals surface area (Å²) < 4.78 is 55.9. The van der Waals surface area contributed by atoms with Crippen molar-refractivity contribution in [3.63, 3.8) is 0 Å². The third kappa shape index (κ3) is 4.81. The minimum absolute atomic E-state index is 0.121. The Kier molecular flexibility index (Phi) is 6.82. The molecule has 7 nitrogen and oxygen atoms in total. The van der Waals surface area contributed by atoms with E-state index in [4.69, 9.17) is 0 Å². The van der Waals surface area contributed by atoms with Gasteiger partial charge in [-0.25, -0.2) is 17.6 Å². The number of nitrogens with one attached hydrogen (secondary N) is 2. The fourth-order valence-corrected chi connectivity index (χ4v) is 4.16. The number of aromatic hydroxyl groups is 1. The molecule has 11 heteroatoms. The van der Waals surface area contributed by atoms with Crippen LogP contribution >= 0.6 is 0 Å². The summed E-state index contributed by atoms with van der Waals surface area (Å²) in [7, 11) is 0. The normalized spacial score (nSPS) is 14.8. The molecule has 1 atom stereocenters. The molecular weight excluding hydrogens is 482 g/mol. The third-order valence-electron chi connectivity index (χ3n) is 6.15. The monoisotopic (exact) mass is 503 g/mol. The Hall–Kier alpha value is -4.15. The molecule has 0 bridgehead atoms. The fraction of sp³-hybridized carbons (Fsp3) is 0.240. The summed E-state index contributed by atoms with van der Waals surface area (Å²) in [5.41, 5.74) is -1.05. The lowest BCUT2D eigenvalue weighted by molar-refractivity contribution is 0.0898. The van der Waals surface area contributed by atoms with E-state index in [9.17, 15) is 37.1 Å². The second-order valence-corrected chi connectivity index (χ2v) is 8.48. The Morgan fingerprint density at radius 2 is 1.81 bits per heavy atom. The maximum absolute atomic E-state index is 13.9. The highest BCUT2D eigenvalue weighted by molar-refractivity contribution is 5.99. The predicted octanol–water partition coefficient (Wildman–Crippen LogP) is 3.27. The quantitative estimate of drug-likeness (QED) is 0.450. The maximum Gasteiger partial charge on any atom is 0.272 e. The molecule has 4 rings (SSSR count). The van der Waals surface area contributed by atoms with Crippen molar-refractivity contribution in [3.05, 3.63) is 98.0 Å². The summed E-state index contributed by atoms with van der Waals surface area (Å²) in [6.07, 6.45) is 1.87. The van der Waals surface area contributed by atoms with E-state index in [0.29, 0.717) is 25.0 Å². The molecule has 0 aliphatic carbocycles. The Labute approximate surface area is 202 Å². The number of fused-ring (bicyclic) bond motifs is 1. The van der Waals surface area contributed by atoms with Gasteiger partial charge >= 0.3 is 0 Å². The number of halogens is 4. The van der Waals surface area contributed by atoms with Crippen LogP contribution in [-0.2, 0) is 13.0 Å². The van der Waals surface area contributed by atoms with Crippen LogP contribution in [0.5, 0.6) is 5.75 Å². The summed E-state index contributed by atoms with van der Waals surface area (Å²) in [5, 5.41) is 15.2. The van der Waals surface area contributed by atoms with Gasteiger partial charge in [-0.2, -0.15) is 0 Å². The lowest BCUT2D eigenvalue weighted by Gasteiger charge is -2.29. The van der Waals surface area contributed by atoms with E-state index in [-0.39, 0.29) is 12.2 Å². The molecule has 2 aromatic carbocycles. The highest BCUT2D eigenvalue weighted by atomic mass is 19.1. The largest absolute Gasteiger partial charge is 0.503 e. The van der Waals surface area contributed by atoms with Gasteiger partial charge in [-0.05, 0) is 43.0 Å². The molecule has 36 heavy (non-hydrogen) atoms. The molecule has 1 aliphatic heterocycles. The number of nitrogens with zero attached hydrogens (tertiary/aromatic N) is 1. The predicted molar refractivity (Wildman–Crippen MR) is 121 cm³/mol. The number of carbonyl (C=O) groups excluding carboxylic acids is 2. The zero-order valence-electron chi connectivity index (χ0n) is 19.0. The molecule has 0 spiro atoms. The zero-order valence-corrected chi connectivity index (χ0v) is 19.0. The number of aryl methyl sites for hydroxylation is 2. The van der Waals surface area contributed by atoms with Crippen molar-refractivity contribution in [1.82, 2.24) is 15.2 Å². The molecule has 0 saturated heterocycles. The highest BCUT2D eigenvalue weighted by Crippen LogP contribution is 2.26. The van der Waals surface area contributed by atoms with Crippen LogP contribution in [0, 0.1) is 30.2 Å². The van der Waals surface area contributed by atoms with Gasteiger partial charge in [-0.1, -0.05) is 6.07 Å². The molecule has 0 unspecified atom stereocenters. The summed E-state index contributed by atoms with van der Waals surface area (Å²) in [5.74, 6) is -6.70. The Morgan fingerprint density at radius 1 is 1.11 bits per heavy atom. The van der Waals surface area contributed by atoms with Crippen molar-refractivity contribution in [2.45, 2.75) is 32.4 Å². The van der Waals surface area contributed by atoms with E-state index in [0.717, 1.165) is 17.3 Å². The van der Waals surface area contributed by atoms with Crippen LogP contribution in [0.1, 0.15) is 50.0 Å². The molecule has 0 saturated carbocycles. The number of amides is 2. The smallest absolute Gasteiger partial charge is 0.272 e. The van der Waals surface area contributed by atoms with Gasteiger partial charge in [-0.3, -0.25) is 14.4 Å². The van der Waals surface area contributed by atoms with E-state index in [1.165, 1.54) is 16.7 Å². The average Bonchev–Trinajstić information content (AvgIpc) is 2.81. The molecule has 3 N–H and O–H groups in total. The van der Waals surface area contributed by atoms with Crippen LogP contribution in [0.15, 0.2) is 41.3 Å². The second-order valence-electron chi connectivity index (χ2n) is 8.48. The number of carbonyl (C=O) groups is 2. The topological polar surface area (TPSA) is 100 Å². The van der Waals surface area contributed by atoms with Gasteiger partial charge in [0.2, 0.25) is 5.43 Å². The number of hydrogen-bond acceptors (Lipinski definition) is 4. The summed E-state index contributed by atoms with van der Waals surface area (Å²) >= 11 is 0. The summed E-state index contributed by atoms with van der Waals surface area (Å²) in [4.78, 5) is 37.7. The van der Waals surface area contributed by atoms with Gasteiger partial charge in [-0.15, -0.1) is 0 Å². The van der Waals surface area contributed by atoms with Crippen molar-refractivity contribution in [2.24, 2.45) is 0 Å². The summed E-state index contributed by atoms with van der Waals surface area (Å²) in [6.45, 7) is 1.25. The first-order chi connectivity index (χ1) is 17.1. The van der Waals surface area contributed by atoms with Crippen LogP contribution < -0.4 is 16.1 Å². The van der Waals surface area contributed by atoms with Gasteiger partial charge in [0, 0.05) is 37.0 Å². The SMILES string of the molecule is Cc1ccc(F)cc1CC[C@@H]1CNC(=O)c2c(O)c(=O)c(C(=O)NCc3c(F)cc(F)cc3F)cn21. The molecule has 2 amide bonds. The number of aromatic nitrogens is 1. The van der Waals surface area contributed by atoms with Crippen LogP contribution in [0.3, 0.4) is 0 Å². The van der Waals surface area contributed by atoms with E-state index in [1.54, 1.807) is 6.07 Å². The molecule has 2 heterocycles. The summed E-state index contributed by atoms with van der Waals surface area (Å²) in [6, 6.07) is 4.78.